The molecule has 0 aliphatic carbocycles. The Kier molecular flexibility index (Phi) is 5.48. The lowest BCUT2D eigenvalue weighted by Gasteiger charge is -2.08. The first-order valence-electron chi connectivity index (χ1n) is 7.50. The van der Waals surface area contributed by atoms with E-state index in [2.05, 4.69) is 20.8 Å². The highest BCUT2D eigenvalue weighted by molar-refractivity contribution is 6.33. The second-order valence-corrected chi connectivity index (χ2v) is 6.00. The van der Waals surface area contributed by atoms with Gasteiger partial charge in [-0.05, 0) is 35.9 Å². The van der Waals surface area contributed by atoms with Gasteiger partial charge in [-0.25, -0.2) is 0 Å². The number of rotatable bonds is 5. The molecule has 7 heteroatoms. The maximum Gasteiger partial charge on any atom is 0.272 e. The van der Waals surface area contributed by atoms with Crippen LogP contribution in [0, 0.1) is 0 Å². The van der Waals surface area contributed by atoms with Crippen LogP contribution in [0.1, 0.15) is 16.1 Å². The van der Waals surface area contributed by atoms with Gasteiger partial charge in [-0.15, -0.1) is 10.2 Å². The van der Waals surface area contributed by atoms with Gasteiger partial charge in [0.15, 0.2) is 11.5 Å². The highest BCUT2D eigenvalue weighted by Crippen LogP contribution is 2.23. The molecule has 1 aromatic heterocycles. The summed E-state index contributed by atoms with van der Waals surface area (Å²) in [5.41, 5.74) is 1.77. The SMILES string of the molecule is O=C(NCc1ccccc1Cl)c1ccc(Nc2ccccc2Cl)nn1. The van der Waals surface area contributed by atoms with E-state index in [0.717, 1.165) is 11.3 Å². The molecule has 0 aliphatic rings. The standard InChI is InChI=1S/C18H14Cl2N4O/c19-13-6-2-1-5-12(13)11-21-18(25)16-9-10-17(24-23-16)22-15-8-4-3-7-14(15)20/h1-10H,11H2,(H,21,25)(H,22,24). The first-order chi connectivity index (χ1) is 12.1. The zero-order valence-corrected chi connectivity index (χ0v) is 14.6. The Labute approximate surface area is 155 Å². The molecule has 25 heavy (non-hydrogen) atoms. The molecule has 2 N–H and O–H groups in total. The number of hydrogen-bond acceptors (Lipinski definition) is 4. The minimum Gasteiger partial charge on any atom is -0.347 e. The number of amides is 1. The summed E-state index contributed by atoms with van der Waals surface area (Å²) in [6.45, 7) is 0.319. The summed E-state index contributed by atoms with van der Waals surface area (Å²) in [5.74, 6) is 0.174. The van der Waals surface area contributed by atoms with E-state index in [1.807, 2.05) is 36.4 Å². The summed E-state index contributed by atoms with van der Waals surface area (Å²) in [7, 11) is 0. The minimum atomic E-state index is -0.322. The van der Waals surface area contributed by atoms with E-state index in [9.17, 15) is 4.79 Å². The molecule has 2 aromatic carbocycles. The monoisotopic (exact) mass is 372 g/mol. The van der Waals surface area contributed by atoms with Gasteiger partial charge >= 0.3 is 0 Å². The van der Waals surface area contributed by atoms with Crippen molar-refractivity contribution >= 4 is 40.6 Å². The Bertz CT molecular complexity index is 884. The average Bonchev–Trinajstić information content (AvgIpc) is 2.63. The summed E-state index contributed by atoms with van der Waals surface area (Å²) in [6, 6.07) is 17.9. The largest absolute Gasteiger partial charge is 0.347 e. The van der Waals surface area contributed by atoms with E-state index >= 15 is 0 Å². The number of nitrogens with zero attached hydrogens (tertiary/aromatic N) is 2. The number of aromatic nitrogens is 2. The number of halogens is 2. The third-order valence-electron chi connectivity index (χ3n) is 3.43. The zero-order valence-electron chi connectivity index (χ0n) is 13.0. The van der Waals surface area contributed by atoms with Crippen LogP contribution in [-0.4, -0.2) is 16.1 Å². The van der Waals surface area contributed by atoms with E-state index in [1.165, 1.54) is 0 Å². The first-order valence-corrected chi connectivity index (χ1v) is 8.26. The molecule has 126 valence electrons. The van der Waals surface area contributed by atoms with Crippen molar-refractivity contribution in [1.82, 2.24) is 15.5 Å². The first kappa shape index (κ1) is 17.2. The van der Waals surface area contributed by atoms with Crippen LogP contribution in [0.4, 0.5) is 11.5 Å². The Hall–Kier alpha value is -2.63. The Balaban J connectivity index is 1.63. The van der Waals surface area contributed by atoms with Crippen molar-refractivity contribution in [1.29, 1.82) is 0 Å². The molecule has 0 aliphatic heterocycles. The van der Waals surface area contributed by atoms with Gasteiger partial charge in [0, 0.05) is 11.6 Å². The minimum absolute atomic E-state index is 0.219. The summed E-state index contributed by atoms with van der Waals surface area (Å²) < 4.78 is 0. The van der Waals surface area contributed by atoms with Crippen LogP contribution < -0.4 is 10.6 Å². The summed E-state index contributed by atoms with van der Waals surface area (Å²) >= 11 is 12.1. The van der Waals surface area contributed by atoms with Gasteiger partial charge in [0.05, 0.1) is 10.7 Å². The van der Waals surface area contributed by atoms with Crippen LogP contribution in [0.25, 0.3) is 0 Å². The van der Waals surface area contributed by atoms with E-state index in [0.29, 0.717) is 22.4 Å². The van der Waals surface area contributed by atoms with Gasteiger partial charge in [0.1, 0.15) is 0 Å². The molecule has 0 atom stereocenters. The number of benzene rings is 2. The fourth-order valence-electron chi connectivity index (χ4n) is 2.13. The third kappa shape index (κ3) is 4.47. The van der Waals surface area contributed by atoms with Gasteiger partial charge in [-0.1, -0.05) is 53.5 Å². The molecule has 0 saturated carbocycles. The normalized spacial score (nSPS) is 10.3. The van der Waals surface area contributed by atoms with E-state index < -0.39 is 0 Å². The van der Waals surface area contributed by atoms with Crippen LogP contribution in [0.3, 0.4) is 0 Å². The Morgan fingerprint density at radius 1 is 0.880 bits per heavy atom. The molecule has 0 bridgehead atoms. The number of anilines is 2. The topological polar surface area (TPSA) is 66.9 Å². The quantitative estimate of drug-likeness (QED) is 0.693. The van der Waals surface area contributed by atoms with Crippen molar-refractivity contribution in [2.75, 3.05) is 5.32 Å². The summed E-state index contributed by atoms with van der Waals surface area (Å²) in [6.07, 6.45) is 0. The summed E-state index contributed by atoms with van der Waals surface area (Å²) in [4.78, 5) is 12.2. The number of carbonyl (C=O) groups is 1. The fourth-order valence-corrected chi connectivity index (χ4v) is 2.51. The van der Waals surface area contributed by atoms with Gasteiger partial charge < -0.3 is 10.6 Å². The van der Waals surface area contributed by atoms with Gasteiger partial charge in [0.2, 0.25) is 0 Å². The molecule has 1 heterocycles. The smallest absolute Gasteiger partial charge is 0.272 e. The molecule has 0 unspecified atom stereocenters. The lowest BCUT2D eigenvalue weighted by atomic mass is 10.2. The van der Waals surface area contributed by atoms with Gasteiger partial charge in [0.25, 0.3) is 5.91 Å². The van der Waals surface area contributed by atoms with Crippen LogP contribution in [0.2, 0.25) is 10.0 Å². The molecule has 3 rings (SSSR count). The maximum atomic E-state index is 12.2. The molecule has 0 radical (unpaired) electrons. The van der Waals surface area contributed by atoms with Crippen LogP contribution >= 0.6 is 23.2 Å². The molecular formula is C18H14Cl2N4O. The highest BCUT2D eigenvalue weighted by Gasteiger charge is 2.09. The van der Waals surface area contributed by atoms with Crippen molar-refractivity contribution in [3.8, 4) is 0 Å². The number of para-hydroxylation sites is 1. The van der Waals surface area contributed by atoms with Crippen LogP contribution in [0.15, 0.2) is 60.7 Å². The third-order valence-corrected chi connectivity index (χ3v) is 4.13. The van der Waals surface area contributed by atoms with Crippen LogP contribution in [0.5, 0.6) is 0 Å². The predicted molar refractivity (Wildman–Crippen MR) is 99.4 cm³/mol. The van der Waals surface area contributed by atoms with Crippen molar-refractivity contribution in [2.45, 2.75) is 6.54 Å². The molecule has 5 nitrogen and oxygen atoms in total. The molecular weight excluding hydrogens is 359 g/mol. The van der Waals surface area contributed by atoms with E-state index in [-0.39, 0.29) is 11.6 Å². The number of hydrogen-bond donors (Lipinski definition) is 2. The van der Waals surface area contributed by atoms with Crippen molar-refractivity contribution in [2.24, 2.45) is 0 Å². The second-order valence-electron chi connectivity index (χ2n) is 5.18. The Morgan fingerprint density at radius 3 is 2.28 bits per heavy atom. The van der Waals surface area contributed by atoms with Gasteiger partial charge in [-0.2, -0.15) is 0 Å². The number of nitrogens with one attached hydrogen (secondary N) is 2. The molecule has 0 spiro atoms. The van der Waals surface area contributed by atoms with Gasteiger partial charge in [-0.3, -0.25) is 4.79 Å². The maximum absolute atomic E-state index is 12.2. The highest BCUT2D eigenvalue weighted by atomic mass is 35.5. The van der Waals surface area contributed by atoms with E-state index in [4.69, 9.17) is 23.2 Å². The summed E-state index contributed by atoms with van der Waals surface area (Å²) in [5, 5.41) is 14.9. The number of carbonyl (C=O) groups excluding carboxylic acids is 1. The fraction of sp³-hybridized carbons (Fsp3) is 0.0556. The molecule has 0 fully saturated rings. The molecule has 3 aromatic rings. The van der Waals surface area contributed by atoms with E-state index in [1.54, 1.807) is 24.3 Å². The van der Waals surface area contributed by atoms with Crippen LogP contribution in [-0.2, 0) is 6.54 Å². The molecule has 0 saturated heterocycles. The zero-order chi connectivity index (χ0) is 17.6. The van der Waals surface area contributed by atoms with Crippen molar-refractivity contribution in [3.05, 3.63) is 82.0 Å². The van der Waals surface area contributed by atoms with Crippen molar-refractivity contribution < 1.29 is 4.79 Å². The van der Waals surface area contributed by atoms with Crippen molar-refractivity contribution in [3.63, 3.8) is 0 Å². The predicted octanol–water partition coefficient (Wildman–Crippen LogP) is 4.46. The average molecular weight is 373 g/mol. The Morgan fingerprint density at radius 2 is 1.60 bits per heavy atom. The lowest BCUT2D eigenvalue weighted by Crippen LogP contribution is -2.24. The second kappa shape index (κ2) is 7.96. The lowest BCUT2D eigenvalue weighted by molar-refractivity contribution is 0.0945. The molecule has 1 amide bonds.